The van der Waals surface area contributed by atoms with Crippen LogP contribution in [0.1, 0.15) is 0 Å². The Morgan fingerprint density at radius 3 is 2.81 bits per heavy atom. The maximum atomic E-state index is 11.4. The molecule has 0 bridgehead atoms. The Morgan fingerprint density at radius 1 is 1.38 bits per heavy atom. The van der Waals surface area contributed by atoms with Gasteiger partial charge in [0.25, 0.3) is 0 Å². The molecular formula is C13H13N5O2S. The second-order valence-corrected chi connectivity index (χ2v) is 5.70. The van der Waals surface area contributed by atoms with E-state index in [2.05, 4.69) is 11.1 Å². The van der Waals surface area contributed by atoms with Gasteiger partial charge in [-0.2, -0.15) is 5.26 Å². The molecule has 1 aromatic carbocycles. The van der Waals surface area contributed by atoms with Crippen molar-refractivity contribution in [3.8, 4) is 6.07 Å². The number of hydrogen-bond donors (Lipinski definition) is 0. The van der Waals surface area contributed by atoms with Gasteiger partial charge in [0.15, 0.2) is 5.52 Å². The lowest BCUT2D eigenvalue weighted by atomic mass is 10.2. The van der Waals surface area contributed by atoms with Crippen molar-refractivity contribution in [3.05, 3.63) is 27.8 Å². The smallest absolute Gasteiger partial charge is 0.319 e. The first-order chi connectivity index (χ1) is 10.2. The number of anilines is 1. The predicted octanol–water partition coefficient (Wildman–Crippen LogP) is 1.85. The van der Waals surface area contributed by atoms with Gasteiger partial charge in [0.1, 0.15) is 5.69 Å². The minimum Gasteiger partial charge on any atom is -0.363 e. The number of nitrogens with zero attached hydrogens (tertiary/aromatic N) is 5. The van der Waals surface area contributed by atoms with E-state index < -0.39 is 0 Å². The number of piperazine rings is 1. The van der Waals surface area contributed by atoms with Crippen LogP contribution >= 0.6 is 11.3 Å². The lowest BCUT2D eigenvalue weighted by molar-refractivity contribution is -0.382. The molecule has 0 radical (unpaired) electrons. The molecule has 1 saturated heterocycles. The molecule has 2 aromatic rings. The summed E-state index contributed by atoms with van der Waals surface area (Å²) in [6.45, 7) is 3.23. The van der Waals surface area contributed by atoms with E-state index in [1.165, 1.54) is 11.3 Å². The maximum Gasteiger partial charge on any atom is 0.319 e. The highest BCUT2D eigenvalue weighted by Gasteiger charge is 2.26. The van der Waals surface area contributed by atoms with E-state index >= 15 is 0 Å². The van der Waals surface area contributed by atoms with Gasteiger partial charge in [0, 0.05) is 26.2 Å². The largest absolute Gasteiger partial charge is 0.363 e. The molecule has 0 unspecified atom stereocenters. The topological polar surface area (TPSA) is 86.3 Å². The SMILES string of the molecule is N#CCN1CCN(c2ccc3scnc3c2[N+](=O)[O-])CC1. The predicted molar refractivity (Wildman–Crippen MR) is 80.5 cm³/mol. The monoisotopic (exact) mass is 303 g/mol. The van der Waals surface area contributed by atoms with Gasteiger partial charge in [0.05, 0.1) is 27.7 Å². The van der Waals surface area contributed by atoms with E-state index in [4.69, 9.17) is 5.26 Å². The molecule has 108 valence electrons. The lowest BCUT2D eigenvalue weighted by Gasteiger charge is -2.34. The summed E-state index contributed by atoms with van der Waals surface area (Å²) in [6, 6.07) is 5.82. The third-order valence-corrected chi connectivity index (χ3v) is 4.44. The minimum absolute atomic E-state index is 0.0856. The van der Waals surface area contributed by atoms with Gasteiger partial charge in [-0.05, 0) is 12.1 Å². The molecule has 21 heavy (non-hydrogen) atoms. The molecule has 0 aliphatic carbocycles. The third-order valence-electron chi connectivity index (χ3n) is 3.64. The zero-order valence-corrected chi connectivity index (χ0v) is 12.0. The number of rotatable bonds is 3. The van der Waals surface area contributed by atoms with Crippen LogP contribution in [-0.2, 0) is 0 Å². The molecule has 0 spiro atoms. The van der Waals surface area contributed by atoms with Crippen molar-refractivity contribution in [3.63, 3.8) is 0 Å². The standard InChI is InChI=1S/C13H13N5O2S/c14-3-4-16-5-7-17(8-6-16)10-1-2-11-12(15-9-21-11)13(10)18(19)20/h1-2,9H,4-8H2. The molecule has 0 amide bonds. The van der Waals surface area contributed by atoms with Crippen molar-refractivity contribution >= 4 is 32.9 Å². The van der Waals surface area contributed by atoms with Gasteiger partial charge in [-0.1, -0.05) is 0 Å². The molecule has 0 saturated carbocycles. The fourth-order valence-corrected chi connectivity index (χ4v) is 3.27. The molecule has 8 heteroatoms. The first-order valence-electron chi connectivity index (χ1n) is 6.55. The van der Waals surface area contributed by atoms with Crippen molar-refractivity contribution < 1.29 is 4.92 Å². The summed E-state index contributed by atoms with van der Waals surface area (Å²) < 4.78 is 0.827. The van der Waals surface area contributed by atoms with Crippen LogP contribution in [0.2, 0.25) is 0 Å². The van der Waals surface area contributed by atoms with E-state index in [-0.39, 0.29) is 10.6 Å². The summed E-state index contributed by atoms with van der Waals surface area (Å²) >= 11 is 1.40. The molecular weight excluding hydrogens is 290 g/mol. The quantitative estimate of drug-likeness (QED) is 0.488. The first kappa shape index (κ1) is 13.7. The summed E-state index contributed by atoms with van der Waals surface area (Å²) in [5.41, 5.74) is 2.80. The van der Waals surface area contributed by atoms with Crippen LogP contribution in [0.3, 0.4) is 0 Å². The number of nitro benzene ring substituents is 1. The highest BCUT2D eigenvalue weighted by atomic mass is 32.1. The van der Waals surface area contributed by atoms with Gasteiger partial charge in [-0.25, -0.2) is 4.98 Å². The highest BCUT2D eigenvalue weighted by Crippen LogP contribution is 2.36. The Bertz CT molecular complexity index is 715. The van der Waals surface area contributed by atoms with Crippen LogP contribution in [0.25, 0.3) is 10.2 Å². The summed E-state index contributed by atoms with van der Waals surface area (Å²) in [4.78, 5) is 19.3. The van der Waals surface area contributed by atoms with Gasteiger partial charge >= 0.3 is 5.69 Å². The van der Waals surface area contributed by atoms with Gasteiger partial charge in [-0.15, -0.1) is 11.3 Å². The molecule has 0 atom stereocenters. The zero-order chi connectivity index (χ0) is 14.8. The van der Waals surface area contributed by atoms with E-state index in [1.54, 1.807) is 11.6 Å². The average Bonchev–Trinajstić information content (AvgIpc) is 2.95. The second kappa shape index (κ2) is 5.63. The fourth-order valence-electron chi connectivity index (χ4n) is 2.59. The summed E-state index contributed by atoms with van der Waals surface area (Å²) in [5, 5.41) is 20.1. The van der Waals surface area contributed by atoms with Crippen molar-refractivity contribution in [2.45, 2.75) is 0 Å². The number of benzene rings is 1. The Labute approximate surface area is 125 Å². The van der Waals surface area contributed by atoms with E-state index in [1.807, 2.05) is 15.9 Å². The normalized spacial score (nSPS) is 16.0. The average molecular weight is 303 g/mol. The molecule has 7 nitrogen and oxygen atoms in total. The van der Waals surface area contributed by atoms with Crippen molar-refractivity contribution in [1.82, 2.24) is 9.88 Å². The Balaban J connectivity index is 1.92. The molecule has 0 N–H and O–H groups in total. The van der Waals surface area contributed by atoms with Gasteiger partial charge < -0.3 is 4.90 Å². The van der Waals surface area contributed by atoms with E-state index in [0.717, 1.165) is 17.8 Å². The van der Waals surface area contributed by atoms with Crippen LogP contribution in [0.4, 0.5) is 11.4 Å². The molecule has 2 heterocycles. The van der Waals surface area contributed by atoms with Crippen molar-refractivity contribution in [1.29, 1.82) is 5.26 Å². The highest BCUT2D eigenvalue weighted by molar-refractivity contribution is 7.16. The van der Waals surface area contributed by atoms with Crippen molar-refractivity contribution in [2.24, 2.45) is 0 Å². The number of nitriles is 1. The van der Waals surface area contributed by atoms with Crippen LogP contribution in [-0.4, -0.2) is 47.5 Å². The van der Waals surface area contributed by atoms with Crippen LogP contribution in [0.5, 0.6) is 0 Å². The fraction of sp³-hybridized carbons (Fsp3) is 0.385. The molecule has 1 aliphatic heterocycles. The lowest BCUT2D eigenvalue weighted by Crippen LogP contribution is -2.46. The molecule has 3 rings (SSSR count). The van der Waals surface area contributed by atoms with E-state index in [9.17, 15) is 10.1 Å². The molecule has 1 aromatic heterocycles. The number of fused-ring (bicyclic) bond motifs is 1. The number of hydrogen-bond acceptors (Lipinski definition) is 7. The van der Waals surface area contributed by atoms with Crippen LogP contribution in [0.15, 0.2) is 17.6 Å². The zero-order valence-electron chi connectivity index (χ0n) is 11.2. The second-order valence-electron chi connectivity index (χ2n) is 4.81. The Kier molecular flexibility index (Phi) is 3.68. The van der Waals surface area contributed by atoms with Gasteiger partial charge in [0.2, 0.25) is 0 Å². The van der Waals surface area contributed by atoms with E-state index in [0.29, 0.717) is 30.8 Å². The summed E-state index contributed by atoms with van der Waals surface area (Å²) in [6.07, 6.45) is 0. The summed E-state index contributed by atoms with van der Waals surface area (Å²) in [5.74, 6) is 0. The number of aromatic nitrogens is 1. The van der Waals surface area contributed by atoms with Crippen molar-refractivity contribution in [2.75, 3.05) is 37.6 Å². The molecule has 1 fully saturated rings. The summed E-state index contributed by atoms with van der Waals surface area (Å²) in [7, 11) is 0. The maximum absolute atomic E-state index is 11.4. The minimum atomic E-state index is -0.348. The van der Waals surface area contributed by atoms with Gasteiger partial charge in [-0.3, -0.25) is 15.0 Å². The van der Waals surface area contributed by atoms with Crippen LogP contribution in [0, 0.1) is 21.4 Å². The molecule has 1 aliphatic rings. The Hall–Kier alpha value is -2.24. The third kappa shape index (κ3) is 2.53. The Morgan fingerprint density at radius 2 is 2.14 bits per heavy atom. The number of thiazole rings is 1. The first-order valence-corrected chi connectivity index (χ1v) is 7.43. The number of nitro groups is 1. The van der Waals surface area contributed by atoms with Crippen LogP contribution < -0.4 is 4.90 Å².